The second-order valence-electron chi connectivity index (χ2n) is 5.97. The van der Waals surface area contributed by atoms with Crippen molar-refractivity contribution in [3.8, 4) is 23.1 Å². The highest BCUT2D eigenvalue weighted by Gasteiger charge is 2.16. The van der Waals surface area contributed by atoms with Gasteiger partial charge in [0.2, 0.25) is 5.88 Å². The molecule has 0 atom stereocenters. The lowest BCUT2D eigenvalue weighted by atomic mass is 10.1. The highest BCUT2D eigenvalue weighted by Crippen LogP contribution is 2.33. The number of hydrogen-bond acceptors (Lipinski definition) is 5. The van der Waals surface area contributed by atoms with Crippen LogP contribution in [0.1, 0.15) is 11.1 Å². The van der Waals surface area contributed by atoms with Crippen LogP contribution in [0.5, 0.6) is 23.1 Å². The Morgan fingerprint density at radius 1 is 1.07 bits per heavy atom. The van der Waals surface area contributed by atoms with Gasteiger partial charge in [0, 0.05) is 27.0 Å². The summed E-state index contributed by atoms with van der Waals surface area (Å²) in [6.07, 6.45) is 2.87. The molecule has 3 rings (SSSR count). The van der Waals surface area contributed by atoms with Gasteiger partial charge in [0.15, 0.2) is 0 Å². The van der Waals surface area contributed by atoms with Crippen molar-refractivity contribution in [1.82, 2.24) is 4.98 Å². The van der Waals surface area contributed by atoms with E-state index in [1.54, 1.807) is 54.7 Å². The second-order valence-corrected chi connectivity index (χ2v) is 7.13. The summed E-state index contributed by atoms with van der Waals surface area (Å²) in [6.45, 7) is 1.94. The number of halogens is 1. The number of hydrogen-bond donors (Lipinski definition) is 1. The number of ether oxygens (including phenoxy) is 3. The van der Waals surface area contributed by atoms with Crippen LogP contribution in [0.2, 0.25) is 0 Å². The minimum atomic E-state index is -1.11. The number of rotatable bonds is 7. The molecule has 0 spiro atoms. The first kappa shape index (κ1) is 20.7. The molecule has 0 amide bonds. The smallest absolute Gasteiger partial charge is 0.339 e. The molecule has 2 aromatic carbocycles. The summed E-state index contributed by atoms with van der Waals surface area (Å²) in [5, 5.41) is 9.47. The lowest BCUT2D eigenvalue weighted by molar-refractivity contribution is -0.130. The number of aromatic nitrogens is 1. The molecule has 0 unspecified atom stereocenters. The zero-order valence-corrected chi connectivity index (χ0v) is 17.9. The molecule has 0 aliphatic carbocycles. The van der Waals surface area contributed by atoms with Gasteiger partial charge in [0.05, 0.1) is 13.4 Å². The minimum Gasteiger partial charge on any atom is -0.503 e. The van der Waals surface area contributed by atoms with Crippen LogP contribution in [0, 0.1) is 10.5 Å². The van der Waals surface area contributed by atoms with Crippen molar-refractivity contribution in [1.29, 1.82) is 0 Å². The van der Waals surface area contributed by atoms with Crippen LogP contribution in [0.3, 0.4) is 0 Å². The van der Waals surface area contributed by atoms with E-state index < -0.39 is 5.97 Å². The third kappa shape index (κ3) is 5.05. The van der Waals surface area contributed by atoms with Crippen molar-refractivity contribution < 1.29 is 24.1 Å². The summed E-state index contributed by atoms with van der Waals surface area (Å²) in [7, 11) is 1.40. The Hall–Kier alpha value is -3.07. The van der Waals surface area contributed by atoms with Crippen molar-refractivity contribution in [2.75, 3.05) is 7.11 Å². The van der Waals surface area contributed by atoms with Gasteiger partial charge in [-0.1, -0.05) is 24.3 Å². The molecule has 6 nitrogen and oxygen atoms in total. The average molecular weight is 503 g/mol. The van der Waals surface area contributed by atoms with E-state index in [-0.39, 0.29) is 5.57 Å². The van der Waals surface area contributed by atoms with Crippen LogP contribution in [-0.4, -0.2) is 23.2 Å². The molecule has 0 saturated heterocycles. The van der Waals surface area contributed by atoms with E-state index in [0.29, 0.717) is 28.7 Å². The standard InChI is InChI=1S/C22H18INO5/c1-14-19(23)10-11-24-21(14)29-16-7-5-6-15(12-16)28-20-9-4-3-8-17(20)18(13-27-2)22(25)26/h3-13H,1-2H3,(H,25,26)/b18-13+. The molecule has 1 aromatic heterocycles. The molecule has 0 fully saturated rings. The van der Waals surface area contributed by atoms with E-state index in [2.05, 4.69) is 27.6 Å². The second kappa shape index (κ2) is 9.42. The molecular formula is C22H18INO5. The summed E-state index contributed by atoms with van der Waals surface area (Å²) >= 11 is 2.23. The minimum absolute atomic E-state index is 0.00538. The summed E-state index contributed by atoms with van der Waals surface area (Å²) in [5.41, 5.74) is 1.35. The molecule has 0 saturated carbocycles. The molecule has 0 radical (unpaired) electrons. The molecule has 0 bridgehead atoms. The quantitative estimate of drug-likeness (QED) is 0.255. The van der Waals surface area contributed by atoms with Gasteiger partial charge < -0.3 is 19.3 Å². The SMILES string of the molecule is CO/C=C(/C(=O)O)c1ccccc1Oc1cccc(Oc2nccc(I)c2C)c1. The van der Waals surface area contributed by atoms with Crippen molar-refractivity contribution in [2.24, 2.45) is 0 Å². The van der Waals surface area contributed by atoms with Crippen LogP contribution in [0.4, 0.5) is 0 Å². The lowest BCUT2D eigenvalue weighted by Crippen LogP contribution is -2.02. The zero-order chi connectivity index (χ0) is 20.8. The first-order valence-electron chi connectivity index (χ1n) is 8.62. The molecule has 1 heterocycles. The van der Waals surface area contributed by atoms with Gasteiger partial charge in [-0.15, -0.1) is 0 Å². The third-order valence-corrected chi connectivity index (χ3v) is 5.15. The number of aliphatic carboxylic acids is 1. The van der Waals surface area contributed by atoms with Gasteiger partial charge >= 0.3 is 5.97 Å². The molecule has 1 N–H and O–H groups in total. The highest BCUT2D eigenvalue weighted by atomic mass is 127. The first-order valence-corrected chi connectivity index (χ1v) is 9.70. The molecular weight excluding hydrogens is 485 g/mol. The van der Waals surface area contributed by atoms with E-state index in [1.807, 2.05) is 13.0 Å². The topological polar surface area (TPSA) is 77.9 Å². The summed E-state index contributed by atoms with van der Waals surface area (Å²) in [5.74, 6) is 0.855. The Bertz CT molecular complexity index is 1060. The highest BCUT2D eigenvalue weighted by molar-refractivity contribution is 14.1. The van der Waals surface area contributed by atoms with Gasteiger partial charge in [0.1, 0.15) is 22.8 Å². The van der Waals surface area contributed by atoms with Crippen LogP contribution < -0.4 is 9.47 Å². The normalized spacial score (nSPS) is 11.1. The van der Waals surface area contributed by atoms with Crippen molar-refractivity contribution in [3.05, 3.63) is 81.8 Å². The maximum Gasteiger partial charge on any atom is 0.339 e. The Balaban J connectivity index is 1.89. The van der Waals surface area contributed by atoms with Gasteiger partial charge in [0.25, 0.3) is 0 Å². The molecule has 0 aliphatic rings. The van der Waals surface area contributed by atoms with E-state index in [4.69, 9.17) is 14.2 Å². The zero-order valence-electron chi connectivity index (χ0n) is 15.8. The predicted molar refractivity (Wildman–Crippen MR) is 117 cm³/mol. The van der Waals surface area contributed by atoms with Crippen LogP contribution in [0.15, 0.2) is 67.1 Å². The maximum atomic E-state index is 11.6. The Morgan fingerprint density at radius 3 is 2.52 bits per heavy atom. The first-order chi connectivity index (χ1) is 14.0. The number of para-hydroxylation sites is 1. The van der Waals surface area contributed by atoms with Crippen LogP contribution in [-0.2, 0) is 9.53 Å². The number of carbonyl (C=O) groups is 1. The third-order valence-electron chi connectivity index (χ3n) is 3.98. The lowest BCUT2D eigenvalue weighted by Gasteiger charge is -2.13. The van der Waals surface area contributed by atoms with Gasteiger partial charge in [-0.05, 0) is 53.8 Å². The number of carboxylic acids is 1. The Kier molecular flexibility index (Phi) is 6.71. The van der Waals surface area contributed by atoms with E-state index in [0.717, 1.165) is 9.13 Å². The van der Waals surface area contributed by atoms with E-state index >= 15 is 0 Å². The van der Waals surface area contributed by atoms with Gasteiger partial charge in [-0.3, -0.25) is 0 Å². The Labute approximate surface area is 181 Å². The molecule has 148 valence electrons. The van der Waals surface area contributed by atoms with Crippen LogP contribution in [0.25, 0.3) is 5.57 Å². The summed E-state index contributed by atoms with van der Waals surface area (Å²) in [4.78, 5) is 15.9. The van der Waals surface area contributed by atoms with E-state index in [1.165, 1.54) is 13.4 Å². The molecule has 29 heavy (non-hydrogen) atoms. The van der Waals surface area contributed by atoms with E-state index in [9.17, 15) is 9.90 Å². The number of benzene rings is 2. The summed E-state index contributed by atoms with van der Waals surface area (Å²) < 4.78 is 17.8. The fraction of sp³-hybridized carbons (Fsp3) is 0.0909. The monoisotopic (exact) mass is 503 g/mol. The predicted octanol–water partition coefficient (Wildman–Crippen LogP) is 5.65. The number of methoxy groups -OCH3 is 1. The number of carboxylic acid groups (broad SMARTS) is 1. The largest absolute Gasteiger partial charge is 0.503 e. The summed E-state index contributed by atoms with van der Waals surface area (Å²) in [6, 6.07) is 15.8. The molecule has 7 heteroatoms. The van der Waals surface area contributed by atoms with Gasteiger partial charge in [-0.2, -0.15) is 0 Å². The number of nitrogens with zero attached hydrogens (tertiary/aromatic N) is 1. The van der Waals surface area contributed by atoms with Crippen LogP contribution >= 0.6 is 22.6 Å². The maximum absolute atomic E-state index is 11.6. The average Bonchev–Trinajstić information content (AvgIpc) is 2.70. The van der Waals surface area contributed by atoms with Gasteiger partial charge in [-0.25, -0.2) is 9.78 Å². The number of pyridine rings is 1. The molecule has 3 aromatic rings. The van der Waals surface area contributed by atoms with Crippen molar-refractivity contribution in [2.45, 2.75) is 6.92 Å². The van der Waals surface area contributed by atoms with Crippen molar-refractivity contribution >= 4 is 34.1 Å². The fourth-order valence-corrected chi connectivity index (χ4v) is 2.95. The van der Waals surface area contributed by atoms with Crippen molar-refractivity contribution in [3.63, 3.8) is 0 Å². The fourth-order valence-electron chi connectivity index (χ4n) is 2.56. The molecule has 0 aliphatic heterocycles. The Morgan fingerprint density at radius 2 is 1.79 bits per heavy atom.